The molecule has 0 spiro atoms. The van der Waals surface area contributed by atoms with E-state index >= 15 is 0 Å². The minimum Gasteiger partial charge on any atom is -0.497 e. The molecule has 0 saturated carbocycles. The van der Waals surface area contributed by atoms with Gasteiger partial charge in [-0.2, -0.15) is 0 Å². The normalized spacial score (nSPS) is 13.9. The monoisotopic (exact) mass is 286 g/mol. The van der Waals surface area contributed by atoms with Crippen LogP contribution in [0.15, 0.2) is 30.6 Å². The highest BCUT2D eigenvalue weighted by Crippen LogP contribution is 2.15. The van der Waals surface area contributed by atoms with Gasteiger partial charge in [-0.1, -0.05) is 12.1 Å². The molecule has 0 bridgehead atoms. The Labute approximate surface area is 123 Å². The third-order valence-electron chi connectivity index (χ3n) is 3.75. The first-order valence-corrected chi connectivity index (χ1v) is 7.03. The Kier molecular flexibility index (Phi) is 3.85. The van der Waals surface area contributed by atoms with Gasteiger partial charge in [0.1, 0.15) is 12.1 Å². The fourth-order valence-corrected chi connectivity index (χ4v) is 2.52. The number of amides is 1. The highest BCUT2D eigenvalue weighted by atomic mass is 16.5. The van der Waals surface area contributed by atoms with E-state index in [1.807, 2.05) is 33.7 Å². The van der Waals surface area contributed by atoms with Crippen molar-refractivity contribution >= 4 is 5.91 Å². The van der Waals surface area contributed by atoms with E-state index < -0.39 is 0 Å². The number of nitrogens with zero attached hydrogens (tertiary/aromatic N) is 4. The number of aromatic nitrogens is 3. The van der Waals surface area contributed by atoms with Crippen molar-refractivity contribution in [1.29, 1.82) is 0 Å². The van der Waals surface area contributed by atoms with Crippen LogP contribution >= 0.6 is 0 Å². The van der Waals surface area contributed by atoms with E-state index in [9.17, 15) is 4.79 Å². The molecule has 0 radical (unpaired) electrons. The topological polar surface area (TPSA) is 60.2 Å². The van der Waals surface area contributed by atoms with Gasteiger partial charge in [-0.25, -0.2) is 0 Å². The molecule has 0 unspecified atom stereocenters. The summed E-state index contributed by atoms with van der Waals surface area (Å²) >= 11 is 0. The van der Waals surface area contributed by atoms with Crippen LogP contribution in [0.5, 0.6) is 5.75 Å². The smallest absolute Gasteiger partial charge is 0.223 e. The van der Waals surface area contributed by atoms with E-state index in [2.05, 4.69) is 10.2 Å². The molecule has 1 aliphatic heterocycles. The van der Waals surface area contributed by atoms with E-state index in [0.29, 0.717) is 13.0 Å². The lowest BCUT2D eigenvalue weighted by atomic mass is 10.1. The Hall–Kier alpha value is -2.37. The number of carbonyl (C=O) groups is 1. The first-order chi connectivity index (χ1) is 10.3. The summed E-state index contributed by atoms with van der Waals surface area (Å²) in [7, 11) is 1.65. The van der Waals surface area contributed by atoms with Gasteiger partial charge < -0.3 is 14.2 Å². The second kappa shape index (κ2) is 5.95. The van der Waals surface area contributed by atoms with E-state index in [4.69, 9.17) is 4.74 Å². The lowest BCUT2D eigenvalue weighted by Crippen LogP contribution is -2.38. The molecule has 0 atom stereocenters. The third kappa shape index (κ3) is 3.04. The van der Waals surface area contributed by atoms with Crippen molar-refractivity contribution in [2.24, 2.45) is 0 Å². The van der Waals surface area contributed by atoms with Crippen LogP contribution in [-0.2, 0) is 24.3 Å². The van der Waals surface area contributed by atoms with Crippen molar-refractivity contribution < 1.29 is 9.53 Å². The zero-order valence-electron chi connectivity index (χ0n) is 12.0. The molecule has 0 aliphatic carbocycles. The Morgan fingerprint density at radius 1 is 1.38 bits per heavy atom. The average molecular weight is 286 g/mol. The molecule has 0 saturated heterocycles. The Bertz CT molecular complexity index is 638. The summed E-state index contributed by atoms with van der Waals surface area (Å²) in [4.78, 5) is 14.1. The number of benzene rings is 1. The molecule has 6 heteroatoms. The predicted octanol–water partition coefficient (Wildman–Crippen LogP) is 1.26. The number of hydrogen-bond acceptors (Lipinski definition) is 4. The van der Waals surface area contributed by atoms with Gasteiger partial charge in [-0.05, 0) is 24.1 Å². The number of aryl methyl sites for hydroxylation is 1. The molecule has 0 N–H and O–H groups in total. The molecule has 1 aromatic carbocycles. The number of fused-ring (bicyclic) bond motifs is 1. The molecule has 110 valence electrons. The van der Waals surface area contributed by atoms with E-state index in [-0.39, 0.29) is 5.91 Å². The van der Waals surface area contributed by atoms with Crippen molar-refractivity contribution in [1.82, 2.24) is 19.7 Å². The molecule has 3 rings (SSSR count). The maximum Gasteiger partial charge on any atom is 0.223 e. The SMILES string of the molecule is COc1cccc(CCC(=O)N2CCn3cnnc3C2)c1. The summed E-state index contributed by atoms with van der Waals surface area (Å²) in [5.74, 6) is 1.84. The zero-order valence-corrected chi connectivity index (χ0v) is 12.0. The average Bonchev–Trinajstić information content (AvgIpc) is 3.00. The highest BCUT2D eigenvalue weighted by Gasteiger charge is 2.21. The van der Waals surface area contributed by atoms with Crippen molar-refractivity contribution in [3.63, 3.8) is 0 Å². The van der Waals surface area contributed by atoms with Gasteiger partial charge in [-0.15, -0.1) is 10.2 Å². The van der Waals surface area contributed by atoms with Crippen LogP contribution in [-0.4, -0.2) is 39.2 Å². The third-order valence-corrected chi connectivity index (χ3v) is 3.75. The Morgan fingerprint density at radius 2 is 2.29 bits per heavy atom. The Balaban J connectivity index is 1.57. The number of ether oxygens (including phenoxy) is 1. The molecule has 2 heterocycles. The van der Waals surface area contributed by atoms with Gasteiger partial charge in [0.05, 0.1) is 13.7 Å². The van der Waals surface area contributed by atoms with Crippen LogP contribution in [0.2, 0.25) is 0 Å². The number of methoxy groups -OCH3 is 1. The molecule has 1 aliphatic rings. The van der Waals surface area contributed by atoms with E-state index in [1.165, 1.54) is 0 Å². The fourth-order valence-electron chi connectivity index (χ4n) is 2.52. The molecule has 0 fully saturated rings. The molecular weight excluding hydrogens is 268 g/mol. The second-order valence-corrected chi connectivity index (χ2v) is 5.11. The second-order valence-electron chi connectivity index (χ2n) is 5.11. The van der Waals surface area contributed by atoms with Crippen LogP contribution in [0, 0.1) is 0 Å². The van der Waals surface area contributed by atoms with Gasteiger partial charge in [0, 0.05) is 19.5 Å². The number of carbonyl (C=O) groups excluding carboxylic acids is 1. The van der Waals surface area contributed by atoms with Gasteiger partial charge in [0.15, 0.2) is 5.82 Å². The van der Waals surface area contributed by atoms with Crippen molar-refractivity contribution in [2.45, 2.75) is 25.9 Å². The summed E-state index contributed by atoms with van der Waals surface area (Å²) in [5.41, 5.74) is 1.11. The quantitative estimate of drug-likeness (QED) is 0.849. The lowest BCUT2D eigenvalue weighted by molar-refractivity contribution is -0.132. The summed E-state index contributed by atoms with van der Waals surface area (Å²) in [6.45, 7) is 2.05. The minimum atomic E-state index is 0.159. The van der Waals surface area contributed by atoms with Crippen molar-refractivity contribution in [3.8, 4) is 5.75 Å². The van der Waals surface area contributed by atoms with Gasteiger partial charge in [0.25, 0.3) is 0 Å². The van der Waals surface area contributed by atoms with Crippen LogP contribution in [0.25, 0.3) is 0 Å². The summed E-state index contributed by atoms with van der Waals surface area (Å²) in [6, 6.07) is 7.84. The summed E-state index contributed by atoms with van der Waals surface area (Å²) in [6.07, 6.45) is 2.94. The molecule has 6 nitrogen and oxygen atoms in total. The lowest BCUT2D eigenvalue weighted by Gasteiger charge is -2.27. The minimum absolute atomic E-state index is 0.159. The highest BCUT2D eigenvalue weighted by molar-refractivity contribution is 5.76. The molecular formula is C15H18N4O2. The number of hydrogen-bond donors (Lipinski definition) is 0. The molecule has 1 aromatic heterocycles. The van der Waals surface area contributed by atoms with E-state index in [0.717, 1.165) is 36.6 Å². The summed E-state index contributed by atoms with van der Waals surface area (Å²) < 4.78 is 7.19. The first kappa shape index (κ1) is 13.6. The van der Waals surface area contributed by atoms with Gasteiger partial charge >= 0.3 is 0 Å². The first-order valence-electron chi connectivity index (χ1n) is 7.03. The van der Waals surface area contributed by atoms with Crippen LogP contribution in [0.3, 0.4) is 0 Å². The fraction of sp³-hybridized carbons (Fsp3) is 0.400. The maximum atomic E-state index is 12.3. The van der Waals surface area contributed by atoms with Gasteiger partial charge in [-0.3, -0.25) is 4.79 Å². The number of rotatable bonds is 4. The van der Waals surface area contributed by atoms with Crippen LogP contribution in [0.1, 0.15) is 17.8 Å². The predicted molar refractivity (Wildman–Crippen MR) is 76.8 cm³/mol. The van der Waals surface area contributed by atoms with E-state index in [1.54, 1.807) is 13.4 Å². The maximum absolute atomic E-state index is 12.3. The Morgan fingerprint density at radius 3 is 3.14 bits per heavy atom. The molecule has 2 aromatic rings. The molecule has 21 heavy (non-hydrogen) atoms. The van der Waals surface area contributed by atoms with Crippen LogP contribution in [0.4, 0.5) is 0 Å². The van der Waals surface area contributed by atoms with Crippen LogP contribution < -0.4 is 4.74 Å². The summed E-state index contributed by atoms with van der Waals surface area (Å²) in [5, 5.41) is 7.90. The largest absolute Gasteiger partial charge is 0.497 e. The molecule has 1 amide bonds. The van der Waals surface area contributed by atoms with Crippen molar-refractivity contribution in [3.05, 3.63) is 42.0 Å². The zero-order chi connectivity index (χ0) is 14.7. The van der Waals surface area contributed by atoms with Gasteiger partial charge in [0.2, 0.25) is 5.91 Å². The standard InChI is InChI=1S/C15H18N4O2/c1-21-13-4-2-3-12(9-13)5-6-15(20)18-7-8-19-11-16-17-14(19)10-18/h2-4,9,11H,5-8,10H2,1H3. The van der Waals surface area contributed by atoms with Crippen molar-refractivity contribution in [2.75, 3.05) is 13.7 Å².